The molecule has 0 radical (unpaired) electrons. The molecule has 0 spiro atoms. The van der Waals surface area contributed by atoms with Gasteiger partial charge in [-0.05, 0) is 12.1 Å². The lowest BCUT2D eigenvalue weighted by molar-refractivity contribution is 0.0258. The number of aliphatic hydroxyl groups is 1. The van der Waals surface area contributed by atoms with Crippen LogP contribution in [0.2, 0.25) is 0 Å². The van der Waals surface area contributed by atoms with E-state index in [1.165, 1.54) is 12.1 Å². The first-order valence-corrected chi connectivity index (χ1v) is 5.19. The summed E-state index contributed by atoms with van der Waals surface area (Å²) in [6, 6.07) is 6.15. The Labute approximate surface area is 99.0 Å². The SMILES string of the molecule is O=Cc1ccc(C(=O)OCCOCCO)cc1. The van der Waals surface area contributed by atoms with E-state index in [-0.39, 0.29) is 26.4 Å². The van der Waals surface area contributed by atoms with Gasteiger partial charge in [-0.2, -0.15) is 0 Å². The topological polar surface area (TPSA) is 72.8 Å². The van der Waals surface area contributed by atoms with Crippen molar-refractivity contribution in [2.24, 2.45) is 0 Å². The molecule has 0 heterocycles. The summed E-state index contributed by atoms with van der Waals surface area (Å²) in [5.41, 5.74) is 0.894. The van der Waals surface area contributed by atoms with Crippen LogP contribution in [0.1, 0.15) is 20.7 Å². The Kier molecular flexibility index (Phi) is 5.92. The molecule has 0 aliphatic heterocycles. The van der Waals surface area contributed by atoms with E-state index in [0.717, 1.165) is 0 Å². The summed E-state index contributed by atoms with van der Waals surface area (Å²) in [5, 5.41) is 8.44. The molecule has 5 nitrogen and oxygen atoms in total. The number of aliphatic hydroxyl groups excluding tert-OH is 1. The third-order valence-corrected chi connectivity index (χ3v) is 1.98. The fourth-order valence-electron chi connectivity index (χ4n) is 1.14. The quantitative estimate of drug-likeness (QED) is 0.429. The van der Waals surface area contributed by atoms with Gasteiger partial charge >= 0.3 is 5.97 Å². The molecule has 0 bridgehead atoms. The largest absolute Gasteiger partial charge is 0.460 e. The monoisotopic (exact) mass is 238 g/mol. The van der Waals surface area contributed by atoms with E-state index in [1.54, 1.807) is 12.1 Å². The molecule has 0 amide bonds. The Bertz CT molecular complexity index is 358. The summed E-state index contributed by atoms with van der Waals surface area (Å²) in [5.74, 6) is -0.463. The minimum absolute atomic E-state index is 0.0545. The number of aldehydes is 1. The predicted octanol–water partition coefficient (Wildman–Crippen LogP) is 0.665. The zero-order valence-corrected chi connectivity index (χ0v) is 9.30. The average Bonchev–Trinajstić information content (AvgIpc) is 2.38. The second kappa shape index (κ2) is 7.54. The van der Waals surface area contributed by atoms with Crippen molar-refractivity contribution in [2.45, 2.75) is 0 Å². The number of ether oxygens (including phenoxy) is 2. The molecule has 0 aliphatic carbocycles. The van der Waals surface area contributed by atoms with Gasteiger partial charge in [-0.3, -0.25) is 4.79 Å². The van der Waals surface area contributed by atoms with Gasteiger partial charge in [0.25, 0.3) is 0 Å². The van der Waals surface area contributed by atoms with Crippen LogP contribution in [0.15, 0.2) is 24.3 Å². The molecule has 1 aromatic carbocycles. The first-order valence-electron chi connectivity index (χ1n) is 5.19. The fourth-order valence-corrected chi connectivity index (χ4v) is 1.14. The zero-order chi connectivity index (χ0) is 12.5. The van der Waals surface area contributed by atoms with E-state index in [4.69, 9.17) is 14.6 Å². The van der Waals surface area contributed by atoms with Crippen molar-refractivity contribution in [3.63, 3.8) is 0 Å². The average molecular weight is 238 g/mol. The lowest BCUT2D eigenvalue weighted by atomic mass is 10.1. The second-order valence-corrected chi connectivity index (χ2v) is 3.21. The van der Waals surface area contributed by atoms with Gasteiger partial charge < -0.3 is 14.6 Å². The van der Waals surface area contributed by atoms with Crippen LogP contribution in [-0.4, -0.2) is 43.8 Å². The van der Waals surface area contributed by atoms with Gasteiger partial charge in [0, 0.05) is 5.56 Å². The van der Waals surface area contributed by atoms with Crippen LogP contribution in [0.25, 0.3) is 0 Å². The first kappa shape index (κ1) is 13.3. The van der Waals surface area contributed by atoms with E-state index in [0.29, 0.717) is 17.4 Å². The summed E-state index contributed by atoms with van der Waals surface area (Å²) in [7, 11) is 0. The maximum atomic E-state index is 11.5. The van der Waals surface area contributed by atoms with Crippen molar-refractivity contribution in [3.05, 3.63) is 35.4 Å². The van der Waals surface area contributed by atoms with Crippen LogP contribution in [0.4, 0.5) is 0 Å². The summed E-state index contributed by atoms with van der Waals surface area (Å²) in [4.78, 5) is 21.9. The van der Waals surface area contributed by atoms with Crippen LogP contribution in [0.3, 0.4) is 0 Å². The summed E-state index contributed by atoms with van der Waals surface area (Å²) in [6.45, 7) is 0.555. The Morgan fingerprint density at radius 2 is 1.88 bits per heavy atom. The number of hydrogen-bond donors (Lipinski definition) is 1. The highest BCUT2D eigenvalue weighted by Gasteiger charge is 2.06. The summed E-state index contributed by atoms with van der Waals surface area (Å²) in [6.07, 6.45) is 0.706. The fraction of sp³-hybridized carbons (Fsp3) is 0.333. The summed E-state index contributed by atoms with van der Waals surface area (Å²) >= 11 is 0. The van der Waals surface area contributed by atoms with Crippen molar-refractivity contribution < 1.29 is 24.2 Å². The Morgan fingerprint density at radius 3 is 2.47 bits per heavy atom. The van der Waals surface area contributed by atoms with Gasteiger partial charge in [0.05, 0.1) is 25.4 Å². The maximum absolute atomic E-state index is 11.5. The molecule has 1 rings (SSSR count). The van der Waals surface area contributed by atoms with E-state index in [9.17, 15) is 9.59 Å². The van der Waals surface area contributed by atoms with Gasteiger partial charge in [0.15, 0.2) is 0 Å². The molecule has 0 aromatic heterocycles. The van der Waals surface area contributed by atoms with Crippen LogP contribution < -0.4 is 0 Å². The molecule has 5 heteroatoms. The van der Waals surface area contributed by atoms with Crippen molar-refractivity contribution in [1.29, 1.82) is 0 Å². The molecular weight excluding hydrogens is 224 g/mol. The lowest BCUT2D eigenvalue weighted by Gasteiger charge is -2.05. The number of hydrogen-bond acceptors (Lipinski definition) is 5. The third-order valence-electron chi connectivity index (χ3n) is 1.98. The van der Waals surface area contributed by atoms with E-state index < -0.39 is 5.97 Å². The van der Waals surface area contributed by atoms with Gasteiger partial charge in [-0.25, -0.2) is 4.79 Å². The molecule has 17 heavy (non-hydrogen) atoms. The number of carbonyl (C=O) groups is 2. The normalized spacial score (nSPS) is 9.94. The molecule has 0 aliphatic rings. The minimum Gasteiger partial charge on any atom is -0.460 e. The second-order valence-electron chi connectivity index (χ2n) is 3.21. The minimum atomic E-state index is -0.463. The maximum Gasteiger partial charge on any atom is 0.338 e. The van der Waals surface area contributed by atoms with Crippen LogP contribution >= 0.6 is 0 Å². The third kappa shape index (κ3) is 4.76. The molecule has 0 saturated carbocycles. The molecule has 0 atom stereocenters. The van der Waals surface area contributed by atoms with E-state index in [2.05, 4.69) is 0 Å². The van der Waals surface area contributed by atoms with Gasteiger partial charge in [0.1, 0.15) is 12.9 Å². The number of benzene rings is 1. The standard InChI is InChI=1S/C12H14O5/c13-5-6-16-7-8-17-12(15)11-3-1-10(9-14)2-4-11/h1-4,9,13H,5-8H2. The highest BCUT2D eigenvalue weighted by molar-refractivity contribution is 5.90. The molecule has 0 fully saturated rings. The Hall–Kier alpha value is -1.72. The van der Waals surface area contributed by atoms with Crippen molar-refractivity contribution in [3.8, 4) is 0 Å². The van der Waals surface area contributed by atoms with Crippen molar-refractivity contribution in [1.82, 2.24) is 0 Å². The van der Waals surface area contributed by atoms with Gasteiger partial charge in [-0.15, -0.1) is 0 Å². The highest BCUT2D eigenvalue weighted by Crippen LogP contribution is 2.04. The predicted molar refractivity (Wildman–Crippen MR) is 60.0 cm³/mol. The van der Waals surface area contributed by atoms with Gasteiger partial charge in [0.2, 0.25) is 0 Å². The van der Waals surface area contributed by atoms with Crippen LogP contribution in [-0.2, 0) is 9.47 Å². The lowest BCUT2D eigenvalue weighted by Crippen LogP contribution is -2.12. The number of carbonyl (C=O) groups excluding carboxylic acids is 2. The van der Waals surface area contributed by atoms with Gasteiger partial charge in [-0.1, -0.05) is 12.1 Å². The first-order chi connectivity index (χ1) is 8.27. The highest BCUT2D eigenvalue weighted by atomic mass is 16.6. The Balaban J connectivity index is 2.33. The van der Waals surface area contributed by atoms with Crippen molar-refractivity contribution in [2.75, 3.05) is 26.4 Å². The van der Waals surface area contributed by atoms with Crippen LogP contribution in [0.5, 0.6) is 0 Å². The summed E-state index contributed by atoms with van der Waals surface area (Å²) < 4.78 is 9.85. The number of rotatable bonds is 7. The number of esters is 1. The van der Waals surface area contributed by atoms with E-state index >= 15 is 0 Å². The molecule has 0 unspecified atom stereocenters. The molecule has 1 aromatic rings. The van der Waals surface area contributed by atoms with Crippen molar-refractivity contribution >= 4 is 12.3 Å². The zero-order valence-electron chi connectivity index (χ0n) is 9.30. The van der Waals surface area contributed by atoms with E-state index in [1.807, 2.05) is 0 Å². The van der Waals surface area contributed by atoms with Crippen LogP contribution in [0, 0.1) is 0 Å². The molecule has 92 valence electrons. The Morgan fingerprint density at radius 1 is 1.18 bits per heavy atom. The molecule has 1 N–H and O–H groups in total. The molecule has 0 saturated heterocycles. The molecular formula is C12H14O5. The smallest absolute Gasteiger partial charge is 0.338 e.